The smallest absolute Gasteiger partial charge is 0.274 e. The van der Waals surface area contributed by atoms with Gasteiger partial charge in [-0.3, -0.25) is 19.8 Å². The maximum absolute atomic E-state index is 14.7. The first-order valence-electron chi connectivity index (χ1n) is 10.4. The maximum atomic E-state index is 14.7. The number of carbonyl (C=O) groups is 1. The number of fused-ring (bicyclic) bond motifs is 3. The van der Waals surface area contributed by atoms with Crippen molar-refractivity contribution in [3.8, 4) is 0 Å². The number of amides is 1. The lowest BCUT2D eigenvalue weighted by molar-refractivity contribution is -0.0725. The lowest BCUT2D eigenvalue weighted by atomic mass is 9.89. The van der Waals surface area contributed by atoms with Crippen molar-refractivity contribution >= 4 is 5.91 Å². The second-order valence-electron chi connectivity index (χ2n) is 8.96. The Hall–Kier alpha value is -1.54. The molecule has 0 radical (unpaired) electrons. The zero-order valence-electron chi connectivity index (χ0n) is 16.3. The highest BCUT2D eigenvalue weighted by molar-refractivity contribution is 5.93. The summed E-state index contributed by atoms with van der Waals surface area (Å²) in [5, 5.41) is 8.90. The highest BCUT2D eigenvalue weighted by Gasteiger charge is 2.55. The van der Waals surface area contributed by atoms with E-state index < -0.39 is 5.91 Å². The lowest BCUT2D eigenvalue weighted by Gasteiger charge is -2.42. The molecule has 152 valence electrons. The molecule has 4 aliphatic rings. The Labute approximate surface area is 164 Å². The first kappa shape index (κ1) is 18.5. The van der Waals surface area contributed by atoms with Crippen LogP contribution in [-0.2, 0) is 17.7 Å². The van der Waals surface area contributed by atoms with Crippen molar-refractivity contribution in [2.45, 2.75) is 69.3 Å². The van der Waals surface area contributed by atoms with Crippen molar-refractivity contribution in [3.05, 3.63) is 34.6 Å². The molecule has 1 aliphatic carbocycles. The summed E-state index contributed by atoms with van der Waals surface area (Å²) in [6.07, 6.45) is 5.31. The van der Waals surface area contributed by atoms with Crippen molar-refractivity contribution in [2.24, 2.45) is 0 Å². The van der Waals surface area contributed by atoms with E-state index in [1.807, 2.05) is 0 Å². The number of hydrogen-bond acceptors (Lipinski definition) is 5. The van der Waals surface area contributed by atoms with E-state index in [-0.39, 0.29) is 23.0 Å². The van der Waals surface area contributed by atoms with Crippen molar-refractivity contribution in [1.29, 1.82) is 0 Å². The van der Waals surface area contributed by atoms with Crippen LogP contribution in [0.2, 0.25) is 0 Å². The van der Waals surface area contributed by atoms with Crippen molar-refractivity contribution < 1.29 is 19.1 Å². The maximum Gasteiger partial charge on any atom is 0.274 e. The summed E-state index contributed by atoms with van der Waals surface area (Å²) in [6.45, 7) is 5.44. The largest absolute Gasteiger partial charge is 0.371 e. The molecule has 1 aromatic rings. The fourth-order valence-corrected chi connectivity index (χ4v) is 5.53. The van der Waals surface area contributed by atoms with Crippen LogP contribution in [0.4, 0.5) is 4.39 Å². The van der Waals surface area contributed by atoms with Gasteiger partial charge in [0.2, 0.25) is 0 Å². The molecule has 1 saturated carbocycles. The number of halogens is 1. The molecule has 2 bridgehead atoms. The van der Waals surface area contributed by atoms with Crippen LogP contribution in [0.1, 0.15) is 54.1 Å². The second kappa shape index (κ2) is 6.76. The first-order valence-corrected chi connectivity index (χ1v) is 10.4. The normalized spacial score (nSPS) is 32.5. The topological polar surface area (TPSA) is 65.0 Å². The van der Waals surface area contributed by atoms with Gasteiger partial charge < -0.3 is 4.74 Å². The van der Waals surface area contributed by atoms with E-state index >= 15 is 0 Å². The highest BCUT2D eigenvalue weighted by Crippen LogP contribution is 2.44. The summed E-state index contributed by atoms with van der Waals surface area (Å²) in [6, 6.07) is 4.52. The van der Waals surface area contributed by atoms with Crippen LogP contribution in [0, 0.1) is 5.82 Å². The van der Waals surface area contributed by atoms with E-state index in [4.69, 9.17) is 9.94 Å². The molecule has 1 amide bonds. The number of ether oxygens (including phenoxy) is 1. The van der Waals surface area contributed by atoms with E-state index in [0.717, 1.165) is 44.1 Å². The number of hydrogen-bond donors (Lipinski definition) is 2. The summed E-state index contributed by atoms with van der Waals surface area (Å²) >= 11 is 0. The third-order valence-electron chi connectivity index (χ3n) is 7.09. The van der Waals surface area contributed by atoms with E-state index in [1.54, 1.807) is 11.5 Å². The Bertz CT molecular complexity index is 799. The quantitative estimate of drug-likeness (QED) is 0.596. The summed E-state index contributed by atoms with van der Waals surface area (Å²) in [5.74, 6) is -1.03. The number of morpholine rings is 1. The Kier molecular flexibility index (Phi) is 4.46. The minimum atomic E-state index is -0.678. The zero-order valence-corrected chi connectivity index (χ0v) is 16.3. The van der Waals surface area contributed by atoms with Crippen molar-refractivity contribution in [1.82, 2.24) is 15.3 Å². The molecule has 0 aromatic heterocycles. The van der Waals surface area contributed by atoms with Crippen LogP contribution in [0.15, 0.2) is 12.1 Å². The molecule has 2 N–H and O–H groups in total. The molecule has 28 heavy (non-hydrogen) atoms. The molecule has 0 unspecified atom stereocenters. The van der Waals surface area contributed by atoms with Crippen molar-refractivity contribution in [3.63, 3.8) is 0 Å². The summed E-state index contributed by atoms with van der Waals surface area (Å²) in [5.41, 5.74) is 3.18. The second-order valence-corrected chi connectivity index (χ2v) is 8.96. The summed E-state index contributed by atoms with van der Waals surface area (Å²) < 4.78 is 20.9. The molecular weight excluding hydrogens is 361 g/mol. The van der Waals surface area contributed by atoms with Gasteiger partial charge in [0, 0.05) is 43.3 Å². The standard InChI is InChI=1S/C21H28FN3O3/c1-2-15-7-18-14(5-13(6-19(18)22)20(26)23-27)9-24(15)11-21-8-17(10-28-21)25(12-21)16-3-4-16/h5-6,15-17,27H,2-4,7-12H2,1H3,(H,23,26)/t15-,17+,21-/m0/s1. The van der Waals surface area contributed by atoms with Gasteiger partial charge >= 0.3 is 0 Å². The Morgan fingerprint density at radius 1 is 1.39 bits per heavy atom. The van der Waals surface area contributed by atoms with E-state index in [0.29, 0.717) is 24.6 Å². The minimum absolute atomic E-state index is 0.114. The molecule has 3 heterocycles. The van der Waals surface area contributed by atoms with E-state index in [2.05, 4.69) is 16.7 Å². The van der Waals surface area contributed by atoms with Gasteiger partial charge in [0.25, 0.3) is 5.91 Å². The van der Waals surface area contributed by atoms with Gasteiger partial charge in [-0.05, 0) is 55.4 Å². The Morgan fingerprint density at radius 3 is 2.93 bits per heavy atom. The minimum Gasteiger partial charge on any atom is -0.371 e. The first-order chi connectivity index (χ1) is 13.5. The third-order valence-corrected chi connectivity index (χ3v) is 7.09. The van der Waals surface area contributed by atoms with Crippen LogP contribution in [0.25, 0.3) is 0 Å². The van der Waals surface area contributed by atoms with Gasteiger partial charge in [-0.1, -0.05) is 6.92 Å². The molecule has 3 atom stereocenters. The lowest BCUT2D eigenvalue weighted by Crippen LogP contribution is -2.53. The van der Waals surface area contributed by atoms with Gasteiger partial charge in [0.1, 0.15) is 5.82 Å². The van der Waals surface area contributed by atoms with Crippen LogP contribution >= 0.6 is 0 Å². The SMILES string of the molecule is CC[C@H]1Cc2c(F)cc(C(=O)NO)cc2CN1C[C@]12C[C@H](CO1)N(C1CC1)C2. The highest BCUT2D eigenvalue weighted by atomic mass is 19.1. The van der Waals surface area contributed by atoms with Crippen LogP contribution < -0.4 is 5.48 Å². The number of hydroxylamine groups is 1. The molecule has 5 rings (SSSR count). The van der Waals surface area contributed by atoms with Crippen LogP contribution in [0.3, 0.4) is 0 Å². The summed E-state index contributed by atoms with van der Waals surface area (Å²) in [4.78, 5) is 16.8. The van der Waals surface area contributed by atoms with Gasteiger partial charge in [-0.25, -0.2) is 9.87 Å². The molecule has 7 heteroatoms. The molecule has 0 spiro atoms. The average Bonchev–Trinajstić information content (AvgIpc) is 3.39. The van der Waals surface area contributed by atoms with Gasteiger partial charge in [-0.2, -0.15) is 0 Å². The summed E-state index contributed by atoms with van der Waals surface area (Å²) in [7, 11) is 0. The number of rotatable bonds is 5. The molecule has 6 nitrogen and oxygen atoms in total. The third kappa shape index (κ3) is 3.05. The average molecular weight is 389 g/mol. The van der Waals surface area contributed by atoms with E-state index in [9.17, 15) is 9.18 Å². The van der Waals surface area contributed by atoms with Crippen LogP contribution in [-0.4, -0.2) is 64.3 Å². The molecular formula is C21H28FN3O3. The zero-order chi connectivity index (χ0) is 19.5. The van der Waals surface area contributed by atoms with Crippen molar-refractivity contribution in [2.75, 3.05) is 19.7 Å². The predicted octanol–water partition coefficient (Wildman–Crippen LogP) is 2.09. The van der Waals surface area contributed by atoms with Gasteiger partial charge in [0.05, 0.1) is 12.2 Å². The molecule has 2 saturated heterocycles. The fourth-order valence-electron chi connectivity index (χ4n) is 5.53. The van der Waals surface area contributed by atoms with E-state index in [1.165, 1.54) is 18.9 Å². The number of carbonyl (C=O) groups excluding carboxylic acids is 1. The van der Waals surface area contributed by atoms with Gasteiger partial charge in [-0.15, -0.1) is 0 Å². The van der Waals surface area contributed by atoms with Gasteiger partial charge in [0.15, 0.2) is 0 Å². The Balaban J connectivity index is 1.39. The number of nitrogens with one attached hydrogen (secondary N) is 1. The fraction of sp³-hybridized carbons (Fsp3) is 0.667. The number of nitrogens with zero attached hydrogens (tertiary/aromatic N) is 2. The molecule has 3 fully saturated rings. The predicted molar refractivity (Wildman–Crippen MR) is 101 cm³/mol. The number of benzene rings is 1. The Morgan fingerprint density at radius 2 is 2.21 bits per heavy atom. The number of likely N-dealkylation sites (tertiary alicyclic amines) is 1. The molecule has 3 aliphatic heterocycles. The monoisotopic (exact) mass is 389 g/mol. The van der Waals surface area contributed by atoms with Crippen LogP contribution in [0.5, 0.6) is 0 Å². The molecule has 1 aromatic carbocycles.